The normalized spacial score (nSPS) is 17.0. The number of carbonyl (C=O) groups is 1. The Bertz CT molecular complexity index is 657. The van der Waals surface area contributed by atoms with Crippen LogP contribution < -0.4 is 14.8 Å². The van der Waals surface area contributed by atoms with Crippen LogP contribution in [0.3, 0.4) is 0 Å². The minimum Gasteiger partial charge on any atom is -0.481 e. The third-order valence-corrected chi connectivity index (χ3v) is 5.36. The topological polar surface area (TPSA) is 97.0 Å². The number of nitrogens with zero attached hydrogens (tertiary/aromatic N) is 1. The van der Waals surface area contributed by atoms with Crippen LogP contribution in [-0.2, 0) is 19.6 Å². The van der Waals surface area contributed by atoms with E-state index < -0.39 is 16.1 Å². The Kier molecular flexibility index (Phi) is 7.18. The van der Waals surface area contributed by atoms with Gasteiger partial charge in [-0.15, -0.1) is 0 Å². The van der Waals surface area contributed by atoms with Gasteiger partial charge in [0.25, 0.3) is 5.91 Å². The summed E-state index contributed by atoms with van der Waals surface area (Å²) < 4.78 is 37.9. The fourth-order valence-corrected chi connectivity index (χ4v) is 3.43. The molecule has 1 atom stereocenters. The van der Waals surface area contributed by atoms with Crippen molar-refractivity contribution in [2.75, 3.05) is 46.4 Å². The van der Waals surface area contributed by atoms with E-state index in [-0.39, 0.29) is 10.8 Å². The van der Waals surface area contributed by atoms with Crippen molar-refractivity contribution in [1.82, 2.24) is 14.9 Å². The summed E-state index contributed by atoms with van der Waals surface area (Å²) in [4.78, 5) is 13.8. The maximum atomic E-state index is 12.3. The van der Waals surface area contributed by atoms with Gasteiger partial charge < -0.3 is 14.8 Å². The summed E-state index contributed by atoms with van der Waals surface area (Å²) in [6.45, 7) is 5.61. The second kappa shape index (κ2) is 9.14. The molecule has 0 saturated carbocycles. The van der Waals surface area contributed by atoms with E-state index in [9.17, 15) is 13.2 Å². The molecular weight excluding hydrogens is 346 g/mol. The summed E-state index contributed by atoms with van der Waals surface area (Å²) in [6.07, 6.45) is -0.654. The Balaban J connectivity index is 1.87. The van der Waals surface area contributed by atoms with Crippen LogP contribution in [0.5, 0.6) is 5.75 Å². The van der Waals surface area contributed by atoms with Gasteiger partial charge in [0, 0.05) is 33.2 Å². The SMILES string of the molecule is CNC(=O)[C@H](C)Oc1ccc(S(=O)(=O)NCCN2CCOCC2)cc1. The first-order valence-corrected chi connectivity index (χ1v) is 9.69. The van der Waals surface area contributed by atoms with Crippen LogP contribution in [0.15, 0.2) is 29.2 Å². The first-order chi connectivity index (χ1) is 11.9. The lowest BCUT2D eigenvalue weighted by Gasteiger charge is -2.26. The van der Waals surface area contributed by atoms with Crippen molar-refractivity contribution in [3.8, 4) is 5.75 Å². The highest BCUT2D eigenvalue weighted by Gasteiger charge is 2.17. The van der Waals surface area contributed by atoms with Crippen molar-refractivity contribution in [2.24, 2.45) is 0 Å². The summed E-state index contributed by atoms with van der Waals surface area (Å²) in [5, 5.41) is 2.49. The molecule has 1 aliphatic rings. The van der Waals surface area contributed by atoms with Crippen molar-refractivity contribution < 1.29 is 22.7 Å². The third-order valence-electron chi connectivity index (χ3n) is 3.89. The number of rotatable bonds is 8. The van der Waals surface area contributed by atoms with E-state index in [4.69, 9.17) is 9.47 Å². The molecule has 0 radical (unpaired) electrons. The van der Waals surface area contributed by atoms with Gasteiger partial charge in [-0.05, 0) is 31.2 Å². The predicted octanol–water partition coefficient (Wildman–Crippen LogP) is -0.190. The van der Waals surface area contributed by atoms with Crippen LogP contribution in [0.25, 0.3) is 0 Å². The Morgan fingerprint density at radius 2 is 1.92 bits per heavy atom. The number of likely N-dealkylation sites (N-methyl/N-ethyl adjacent to an activating group) is 1. The second-order valence-electron chi connectivity index (χ2n) is 5.70. The van der Waals surface area contributed by atoms with Gasteiger partial charge in [0.05, 0.1) is 18.1 Å². The molecule has 0 unspecified atom stereocenters. The third kappa shape index (κ3) is 5.96. The molecule has 2 N–H and O–H groups in total. The van der Waals surface area contributed by atoms with E-state index in [0.29, 0.717) is 32.1 Å². The number of ether oxygens (including phenoxy) is 2. The Hall–Kier alpha value is -1.68. The molecular formula is C16H25N3O5S. The lowest BCUT2D eigenvalue weighted by atomic mass is 10.3. The molecule has 25 heavy (non-hydrogen) atoms. The van der Waals surface area contributed by atoms with E-state index in [1.807, 2.05) is 0 Å². The maximum absolute atomic E-state index is 12.3. The zero-order valence-corrected chi connectivity index (χ0v) is 15.3. The van der Waals surface area contributed by atoms with Crippen LogP contribution in [0.2, 0.25) is 0 Å². The van der Waals surface area contributed by atoms with Gasteiger partial charge in [0.1, 0.15) is 5.75 Å². The number of benzene rings is 1. The van der Waals surface area contributed by atoms with Crippen molar-refractivity contribution in [3.05, 3.63) is 24.3 Å². The summed E-state index contributed by atoms with van der Waals surface area (Å²) in [5.41, 5.74) is 0. The summed E-state index contributed by atoms with van der Waals surface area (Å²) in [5.74, 6) is 0.185. The lowest BCUT2D eigenvalue weighted by Crippen LogP contribution is -2.41. The molecule has 1 aliphatic heterocycles. The molecule has 0 aliphatic carbocycles. The van der Waals surface area contributed by atoms with E-state index >= 15 is 0 Å². The van der Waals surface area contributed by atoms with Gasteiger partial charge in [-0.2, -0.15) is 0 Å². The number of morpholine rings is 1. The monoisotopic (exact) mass is 371 g/mol. The zero-order chi connectivity index (χ0) is 18.3. The van der Waals surface area contributed by atoms with E-state index in [2.05, 4.69) is 14.9 Å². The van der Waals surface area contributed by atoms with Crippen LogP contribution in [-0.4, -0.2) is 71.8 Å². The first-order valence-electron chi connectivity index (χ1n) is 8.20. The van der Waals surface area contributed by atoms with E-state index in [1.54, 1.807) is 6.92 Å². The second-order valence-corrected chi connectivity index (χ2v) is 7.46. The highest BCUT2D eigenvalue weighted by atomic mass is 32.2. The average Bonchev–Trinajstić information content (AvgIpc) is 2.62. The first kappa shape index (κ1) is 19.6. The molecule has 1 heterocycles. The molecule has 1 aromatic rings. The largest absolute Gasteiger partial charge is 0.481 e. The van der Waals surface area contributed by atoms with Gasteiger partial charge in [0.2, 0.25) is 10.0 Å². The van der Waals surface area contributed by atoms with Crippen molar-refractivity contribution in [1.29, 1.82) is 0 Å². The maximum Gasteiger partial charge on any atom is 0.260 e. The van der Waals surface area contributed by atoms with Crippen molar-refractivity contribution >= 4 is 15.9 Å². The smallest absolute Gasteiger partial charge is 0.260 e. The van der Waals surface area contributed by atoms with Crippen molar-refractivity contribution in [2.45, 2.75) is 17.9 Å². The molecule has 1 fully saturated rings. The summed E-state index contributed by atoms with van der Waals surface area (Å²) >= 11 is 0. The van der Waals surface area contributed by atoms with Gasteiger partial charge in [-0.1, -0.05) is 0 Å². The number of hydrogen-bond donors (Lipinski definition) is 2. The molecule has 1 amide bonds. The Morgan fingerprint density at radius 1 is 1.28 bits per heavy atom. The van der Waals surface area contributed by atoms with Crippen molar-refractivity contribution in [3.63, 3.8) is 0 Å². The molecule has 1 aromatic carbocycles. The molecule has 8 nitrogen and oxygen atoms in total. The van der Waals surface area contributed by atoms with Gasteiger partial charge in [-0.3, -0.25) is 9.69 Å². The fourth-order valence-electron chi connectivity index (χ4n) is 2.40. The van der Waals surface area contributed by atoms with Crippen LogP contribution in [0, 0.1) is 0 Å². The quantitative estimate of drug-likeness (QED) is 0.658. The number of nitrogens with one attached hydrogen (secondary N) is 2. The lowest BCUT2D eigenvalue weighted by molar-refractivity contribution is -0.126. The number of carbonyl (C=O) groups excluding carboxylic acids is 1. The molecule has 0 spiro atoms. The zero-order valence-electron chi connectivity index (χ0n) is 14.5. The molecule has 1 saturated heterocycles. The number of amides is 1. The molecule has 0 bridgehead atoms. The van der Waals surface area contributed by atoms with Gasteiger partial charge >= 0.3 is 0 Å². The van der Waals surface area contributed by atoms with Crippen LogP contribution in [0.4, 0.5) is 0 Å². The molecule has 0 aromatic heterocycles. The fraction of sp³-hybridized carbons (Fsp3) is 0.562. The van der Waals surface area contributed by atoms with Crippen LogP contribution in [0.1, 0.15) is 6.92 Å². The average molecular weight is 371 g/mol. The predicted molar refractivity (Wildman–Crippen MR) is 93.0 cm³/mol. The van der Waals surface area contributed by atoms with E-state index in [0.717, 1.165) is 13.1 Å². The minimum absolute atomic E-state index is 0.162. The number of sulfonamides is 1. The minimum atomic E-state index is -3.57. The van der Waals surface area contributed by atoms with Gasteiger partial charge in [-0.25, -0.2) is 13.1 Å². The number of hydrogen-bond acceptors (Lipinski definition) is 6. The molecule has 140 valence electrons. The summed E-state index contributed by atoms with van der Waals surface area (Å²) in [7, 11) is -2.04. The molecule has 9 heteroatoms. The Morgan fingerprint density at radius 3 is 2.52 bits per heavy atom. The molecule has 2 rings (SSSR count). The standard InChI is InChI=1S/C16H25N3O5S/c1-13(16(20)17-2)24-14-3-5-15(6-4-14)25(21,22)18-7-8-19-9-11-23-12-10-19/h3-6,13,18H,7-12H2,1-2H3,(H,17,20)/t13-/m0/s1. The van der Waals surface area contributed by atoms with Gasteiger partial charge in [0.15, 0.2) is 6.10 Å². The van der Waals surface area contributed by atoms with E-state index in [1.165, 1.54) is 31.3 Å². The summed E-state index contributed by atoms with van der Waals surface area (Å²) in [6, 6.07) is 6.00. The highest BCUT2D eigenvalue weighted by molar-refractivity contribution is 7.89. The Labute approximate surface area is 148 Å². The van der Waals surface area contributed by atoms with Crippen LogP contribution >= 0.6 is 0 Å². The highest BCUT2D eigenvalue weighted by Crippen LogP contribution is 2.17.